The average molecular weight is 429 g/mol. The molecule has 4 N–H and O–H groups in total. The third kappa shape index (κ3) is 3.63. The molecule has 32 heavy (non-hydrogen) atoms. The molecule has 0 aliphatic carbocycles. The first kappa shape index (κ1) is 20.9. The molecule has 3 heterocycles. The fraction of sp³-hybridized carbons (Fsp3) is 0.217. The lowest BCUT2D eigenvalue weighted by Crippen LogP contribution is -2.14. The summed E-state index contributed by atoms with van der Waals surface area (Å²) in [6.45, 7) is 3.65. The predicted molar refractivity (Wildman–Crippen MR) is 122 cm³/mol. The van der Waals surface area contributed by atoms with Gasteiger partial charge >= 0.3 is 0 Å². The summed E-state index contributed by atoms with van der Waals surface area (Å²) in [5.41, 5.74) is 10.9. The molecule has 0 aliphatic heterocycles. The van der Waals surface area contributed by atoms with E-state index in [-0.39, 0.29) is 17.7 Å². The van der Waals surface area contributed by atoms with Crippen LogP contribution in [0.15, 0.2) is 36.5 Å². The van der Waals surface area contributed by atoms with Crippen LogP contribution in [0.4, 0.5) is 11.8 Å². The van der Waals surface area contributed by atoms with Crippen LogP contribution >= 0.6 is 0 Å². The summed E-state index contributed by atoms with van der Waals surface area (Å²) in [5.74, 6) is 0.870. The second kappa shape index (κ2) is 8.07. The first-order valence-electron chi connectivity index (χ1n) is 9.96. The number of nitriles is 1. The zero-order valence-electron chi connectivity index (χ0n) is 18.2. The highest BCUT2D eigenvalue weighted by molar-refractivity contribution is 5.84. The molecule has 9 nitrogen and oxygen atoms in total. The van der Waals surface area contributed by atoms with E-state index in [2.05, 4.69) is 21.4 Å². The van der Waals surface area contributed by atoms with Gasteiger partial charge in [0.1, 0.15) is 17.5 Å². The molecule has 1 atom stereocenters. The molecule has 0 saturated heterocycles. The maximum Gasteiger partial charge on any atom is 0.222 e. The van der Waals surface area contributed by atoms with Gasteiger partial charge in [0.05, 0.1) is 35.6 Å². The van der Waals surface area contributed by atoms with Gasteiger partial charge in [0.25, 0.3) is 0 Å². The number of hydrogen-bond acceptors (Lipinski definition) is 8. The Morgan fingerprint density at radius 3 is 2.72 bits per heavy atom. The average Bonchev–Trinajstić information content (AvgIpc) is 3.13. The number of phenols is 1. The molecule has 0 spiro atoms. The maximum atomic E-state index is 10.0. The van der Waals surface area contributed by atoms with Crippen LogP contribution in [0.1, 0.15) is 29.9 Å². The number of anilines is 2. The van der Waals surface area contributed by atoms with E-state index in [0.717, 1.165) is 27.9 Å². The number of nitrogens with zero attached hydrogens (tertiary/aromatic N) is 5. The lowest BCUT2D eigenvalue weighted by molar-refractivity contribution is 0.373. The third-order valence-corrected chi connectivity index (χ3v) is 5.37. The predicted octanol–water partition coefficient (Wildman–Crippen LogP) is 3.68. The Hall–Kier alpha value is -4.32. The fourth-order valence-electron chi connectivity index (χ4n) is 3.71. The minimum Gasteiger partial charge on any atom is -0.504 e. The van der Waals surface area contributed by atoms with Crippen LogP contribution in [0, 0.1) is 18.3 Å². The van der Waals surface area contributed by atoms with E-state index in [1.54, 1.807) is 19.1 Å². The molecule has 0 saturated carbocycles. The molecule has 0 unspecified atom stereocenters. The van der Waals surface area contributed by atoms with Gasteiger partial charge in [-0.1, -0.05) is 6.07 Å². The zero-order chi connectivity index (χ0) is 23.0. The fourth-order valence-corrected chi connectivity index (χ4v) is 3.71. The van der Waals surface area contributed by atoms with Crippen LogP contribution in [-0.2, 0) is 7.05 Å². The molecule has 162 valence electrons. The van der Waals surface area contributed by atoms with Crippen molar-refractivity contribution in [2.24, 2.45) is 7.05 Å². The largest absolute Gasteiger partial charge is 0.504 e. The summed E-state index contributed by atoms with van der Waals surface area (Å²) in [7, 11) is 3.46. The smallest absolute Gasteiger partial charge is 0.222 e. The van der Waals surface area contributed by atoms with E-state index >= 15 is 0 Å². The number of aromatic nitrogens is 4. The SMILES string of the molecule is COc1cc(-c2cc3c(ccn3C)nc2[C@H](C)Nc2nc(N)nc(C)c2C#N)ccc1O. The molecule has 0 amide bonds. The number of nitrogens with two attached hydrogens (primary N) is 1. The Morgan fingerprint density at radius 2 is 2.00 bits per heavy atom. The van der Waals surface area contributed by atoms with Crippen molar-refractivity contribution in [1.29, 1.82) is 5.26 Å². The van der Waals surface area contributed by atoms with Crippen molar-refractivity contribution >= 4 is 22.8 Å². The highest BCUT2D eigenvalue weighted by Gasteiger charge is 2.20. The highest BCUT2D eigenvalue weighted by atomic mass is 16.5. The molecule has 0 bridgehead atoms. The van der Waals surface area contributed by atoms with Gasteiger partial charge in [-0.2, -0.15) is 10.2 Å². The highest BCUT2D eigenvalue weighted by Crippen LogP contribution is 2.36. The molecule has 1 aromatic carbocycles. The summed E-state index contributed by atoms with van der Waals surface area (Å²) in [4.78, 5) is 13.2. The van der Waals surface area contributed by atoms with Gasteiger partial charge < -0.3 is 25.5 Å². The molecule has 3 aromatic heterocycles. The maximum absolute atomic E-state index is 10.0. The number of fused-ring (bicyclic) bond motifs is 1. The van der Waals surface area contributed by atoms with Crippen LogP contribution < -0.4 is 15.8 Å². The second-order valence-corrected chi connectivity index (χ2v) is 7.51. The molecular formula is C23H23N7O2. The van der Waals surface area contributed by atoms with Crippen molar-refractivity contribution in [1.82, 2.24) is 19.5 Å². The molecule has 0 aliphatic rings. The molecule has 4 aromatic rings. The monoisotopic (exact) mass is 429 g/mol. The Bertz CT molecular complexity index is 1370. The minimum absolute atomic E-state index is 0.0578. The lowest BCUT2D eigenvalue weighted by Gasteiger charge is -2.20. The second-order valence-electron chi connectivity index (χ2n) is 7.51. The van der Waals surface area contributed by atoms with Crippen molar-refractivity contribution < 1.29 is 9.84 Å². The summed E-state index contributed by atoms with van der Waals surface area (Å²) in [6.07, 6.45) is 1.95. The number of aromatic hydroxyl groups is 1. The summed E-state index contributed by atoms with van der Waals surface area (Å²) in [6, 6.07) is 11.0. The van der Waals surface area contributed by atoms with E-state index in [0.29, 0.717) is 22.8 Å². The number of pyridine rings is 1. The summed E-state index contributed by atoms with van der Waals surface area (Å²) >= 11 is 0. The molecular weight excluding hydrogens is 406 g/mol. The van der Waals surface area contributed by atoms with Gasteiger partial charge in [-0.05, 0) is 43.7 Å². The number of benzene rings is 1. The van der Waals surface area contributed by atoms with Gasteiger partial charge in [-0.25, -0.2) is 9.97 Å². The van der Waals surface area contributed by atoms with E-state index in [1.165, 1.54) is 7.11 Å². The minimum atomic E-state index is -0.324. The number of methoxy groups -OCH3 is 1. The topological polar surface area (TPSA) is 135 Å². The number of ether oxygens (including phenoxy) is 1. The van der Waals surface area contributed by atoms with Crippen molar-refractivity contribution in [3.8, 4) is 28.7 Å². The van der Waals surface area contributed by atoms with E-state index < -0.39 is 0 Å². The van der Waals surface area contributed by atoms with E-state index in [9.17, 15) is 10.4 Å². The molecule has 9 heteroatoms. The Labute approximate surface area is 185 Å². The number of hydrogen-bond donors (Lipinski definition) is 3. The number of phenolic OH excluding ortho intramolecular Hbond substituents is 1. The van der Waals surface area contributed by atoms with Crippen LogP contribution in [0.5, 0.6) is 11.5 Å². The van der Waals surface area contributed by atoms with Crippen molar-refractivity contribution in [2.75, 3.05) is 18.2 Å². The number of nitrogen functional groups attached to an aromatic ring is 1. The third-order valence-electron chi connectivity index (χ3n) is 5.37. The van der Waals surface area contributed by atoms with Crippen LogP contribution in [0.2, 0.25) is 0 Å². The van der Waals surface area contributed by atoms with Crippen LogP contribution in [0.3, 0.4) is 0 Å². The van der Waals surface area contributed by atoms with Crippen LogP contribution in [-0.4, -0.2) is 31.7 Å². The number of rotatable bonds is 5. The normalized spacial score (nSPS) is 11.8. The van der Waals surface area contributed by atoms with Gasteiger partial charge in [0.2, 0.25) is 5.95 Å². The Balaban J connectivity index is 1.87. The first-order valence-corrected chi connectivity index (χ1v) is 9.96. The van der Waals surface area contributed by atoms with Gasteiger partial charge in [0.15, 0.2) is 11.5 Å². The van der Waals surface area contributed by atoms with E-state index in [4.69, 9.17) is 15.5 Å². The van der Waals surface area contributed by atoms with Gasteiger partial charge in [-0.15, -0.1) is 0 Å². The summed E-state index contributed by atoms with van der Waals surface area (Å²) < 4.78 is 7.29. The number of nitrogens with one attached hydrogen (secondary N) is 1. The van der Waals surface area contributed by atoms with Gasteiger partial charge in [0, 0.05) is 18.8 Å². The number of aryl methyl sites for hydroxylation is 2. The molecule has 0 radical (unpaired) electrons. The zero-order valence-corrected chi connectivity index (χ0v) is 18.2. The molecule has 0 fully saturated rings. The van der Waals surface area contributed by atoms with Crippen molar-refractivity contribution in [3.05, 3.63) is 53.5 Å². The first-order chi connectivity index (χ1) is 15.3. The Kier molecular flexibility index (Phi) is 5.28. The van der Waals surface area contributed by atoms with E-state index in [1.807, 2.05) is 42.9 Å². The standard InChI is InChI=1S/C23H23N7O2/c1-12-16(11-24)22(29-23(25)27-12)26-13(2)21-15(10-18-17(28-21)7-8-30(18)3)14-5-6-19(31)20(9-14)32-4/h5-10,13,31H,1-4H3,(H3,25,26,27,29)/t13-/m0/s1. The Morgan fingerprint density at radius 1 is 1.22 bits per heavy atom. The van der Waals surface area contributed by atoms with Crippen molar-refractivity contribution in [3.63, 3.8) is 0 Å². The molecule has 4 rings (SSSR count). The summed E-state index contributed by atoms with van der Waals surface area (Å²) in [5, 5.41) is 22.9. The van der Waals surface area contributed by atoms with Crippen molar-refractivity contribution in [2.45, 2.75) is 19.9 Å². The lowest BCUT2D eigenvalue weighted by atomic mass is 9.99. The van der Waals surface area contributed by atoms with Gasteiger partial charge in [-0.3, -0.25) is 0 Å². The quantitative estimate of drug-likeness (QED) is 0.437. The van der Waals surface area contributed by atoms with Crippen LogP contribution in [0.25, 0.3) is 22.2 Å².